The van der Waals surface area contributed by atoms with Crippen molar-refractivity contribution in [3.05, 3.63) is 34.5 Å². The minimum atomic E-state index is -0.139. The number of hydrogen-bond donors (Lipinski definition) is 0. The van der Waals surface area contributed by atoms with Gasteiger partial charge in [0.25, 0.3) is 0 Å². The Bertz CT molecular complexity index is 499. The summed E-state index contributed by atoms with van der Waals surface area (Å²) in [6.45, 7) is 9.98. The smallest absolute Gasteiger partial charge is 0.314 e. The molecule has 1 heterocycles. The fourth-order valence-electron chi connectivity index (χ4n) is 3.36. The van der Waals surface area contributed by atoms with Crippen molar-refractivity contribution < 1.29 is 9.53 Å². The molecule has 23 heavy (non-hydrogen) atoms. The van der Waals surface area contributed by atoms with Gasteiger partial charge < -0.3 is 4.74 Å². The van der Waals surface area contributed by atoms with Gasteiger partial charge in [-0.1, -0.05) is 18.2 Å². The van der Waals surface area contributed by atoms with Gasteiger partial charge in [0.1, 0.15) is 6.61 Å². The van der Waals surface area contributed by atoms with Crippen molar-refractivity contribution in [1.82, 2.24) is 4.90 Å². The quantitative estimate of drug-likeness (QED) is 0.519. The van der Waals surface area contributed by atoms with E-state index >= 15 is 0 Å². The second-order valence-corrected chi connectivity index (χ2v) is 7.73. The highest BCUT2D eigenvalue weighted by molar-refractivity contribution is 7.10. The van der Waals surface area contributed by atoms with Gasteiger partial charge in [0.15, 0.2) is 0 Å². The molecule has 0 spiro atoms. The van der Waals surface area contributed by atoms with Gasteiger partial charge in [-0.3, -0.25) is 9.69 Å². The van der Waals surface area contributed by atoms with Crippen molar-refractivity contribution in [2.75, 3.05) is 13.2 Å². The Morgan fingerprint density at radius 2 is 2.09 bits per heavy atom. The van der Waals surface area contributed by atoms with E-state index in [1.165, 1.54) is 0 Å². The Morgan fingerprint density at radius 1 is 1.35 bits per heavy atom. The summed E-state index contributed by atoms with van der Waals surface area (Å²) in [6.07, 6.45) is 6.47. The van der Waals surface area contributed by atoms with Crippen LogP contribution < -0.4 is 0 Å². The Morgan fingerprint density at radius 3 is 2.61 bits per heavy atom. The first-order valence-corrected chi connectivity index (χ1v) is 9.51. The molecule has 0 fully saturated rings. The summed E-state index contributed by atoms with van der Waals surface area (Å²) in [5.41, 5.74) is 0. The average molecular weight is 336 g/mol. The normalized spacial score (nSPS) is 19.0. The molecule has 0 aliphatic heterocycles. The van der Waals surface area contributed by atoms with Crippen molar-refractivity contribution in [3.63, 3.8) is 0 Å². The number of carbonyl (C=O) groups excluding carboxylic acids is 1. The summed E-state index contributed by atoms with van der Waals surface area (Å²) in [6, 6.07) is 4.98. The Hall–Kier alpha value is -1.13. The number of esters is 1. The summed E-state index contributed by atoms with van der Waals surface area (Å²) in [7, 11) is 0. The van der Waals surface area contributed by atoms with E-state index in [1.807, 2.05) is 11.4 Å². The topological polar surface area (TPSA) is 29.5 Å². The SMILES string of the molecule is CC(C)N(CCOC(=O)C(c1cccs1)C1C=CCC1)C(C)C. The molecule has 0 N–H and O–H groups in total. The number of ether oxygens (including phenoxy) is 1. The summed E-state index contributed by atoms with van der Waals surface area (Å²) in [5, 5.41) is 2.04. The van der Waals surface area contributed by atoms with E-state index in [-0.39, 0.29) is 17.8 Å². The first-order chi connectivity index (χ1) is 11.0. The third-order valence-electron chi connectivity index (χ3n) is 4.50. The van der Waals surface area contributed by atoms with Crippen LogP contribution in [0.3, 0.4) is 0 Å². The molecule has 0 amide bonds. The van der Waals surface area contributed by atoms with Crippen LogP contribution in [0.2, 0.25) is 0 Å². The second-order valence-electron chi connectivity index (χ2n) is 6.76. The first-order valence-electron chi connectivity index (χ1n) is 8.63. The Labute approximate surface area is 144 Å². The number of allylic oxidation sites excluding steroid dienone is 2. The van der Waals surface area contributed by atoms with Gasteiger partial charge in [0, 0.05) is 23.5 Å². The molecule has 2 atom stereocenters. The molecule has 0 bridgehead atoms. The minimum absolute atomic E-state index is 0.0727. The van der Waals surface area contributed by atoms with Crippen molar-refractivity contribution >= 4 is 17.3 Å². The monoisotopic (exact) mass is 335 g/mol. The maximum atomic E-state index is 12.7. The van der Waals surface area contributed by atoms with Crippen LogP contribution in [0.4, 0.5) is 0 Å². The summed E-state index contributed by atoms with van der Waals surface area (Å²) in [4.78, 5) is 16.2. The number of hydrogen-bond acceptors (Lipinski definition) is 4. The zero-order valence-corrected chi connectivity index (χ0v) is 15.5. The summed E-state index contributed by atoms with van der Waals surface area (Å²) in [5.74, 6) is 0.0733. The molecule has 4 heteroatoms. The van der Waals surface area contributed by atoms with Crippen LogP contribution in [0.1, 0.15) is 51.3 Å². The molecule has 1 aliphatic carbocycles. The lowest BCUT2D eigenvalue weighted by atomic mass is 9.90. The van der Waals surface area contributed by atoms with Gasteiger partial charge in [0.05, 0.1) is 5.92 Å². The van der Waals surface area contributed by atoms with Crippen LogP contribution in [-0.4, -0.2) is 36.1 Å². The number of nitrogens with zero attached hydrogens (tertiary/aromatic N) is 1. The van der Waals surface area contributed by atoms with Crippen LogP contribution in [-0.2, 0) is 9.53 Å². The average Bonchev–Trinajstić information content (AvgIpc) is 3.16. The molecular weight excluding hydrogens is 306 g/mol. The van der Waals surface area contributed by atoms with E-state index in [1.54, 1.807) is 11.3 Å². The second kappa shape index (κ2) is 8.65. The fraction of sp³-hybridized carbons (Fsp3) is 0.632. The third kappa shape index (κ3) is 4.92. The molecule has 2 rings (SSSR count). The molecule has 0 saturated heterocycles. The lowest BCUT2D eigenvalue weighted by Gasteiger charge is -2.30. The molecule has 3 nitrogen and oxygen atoms in total. The molecule has 0 aromatic carbocycles. The highest BCUT2D eigenvalue weighted by Crippen LogP contribution is 2.36. The van der Waals surface area contributed by atoms with Gasteiger partial charge in [-0.15, -0.1) is 11.3 Å². The summed E-state index contributed by atoms with van der Waals surface area (Å²) < 4.78 is 5.66. The van der Waals surface area contributed by atoms with E-state index < -0.39 is 0 Å². The molecule has 0 radical (unpaired) electrons. The van der Waals surface area contributed by atoms with Crippen molar-refractivity contribution in [2.45, 2.75) is 58.5 Å². The maximum absolute atomic E-state index is 12.7. The highest BCUT2D eigenvalue weighted by Gasteiger charge is 2.31. The van der Waals surface area contributed by atoms with Gasteiger partial charge in [-0.25, -0.2) is 0 Å². The number of thiophene rings is 1. The lowest BCUT2D eigenvalue weighted by molar-refractivity contribution is -0.147. The van der Waals surface area contributed by atoms with E-state index in [9.17, 15) is 4.79 Å². The van der Waals surface area contributed by atoms with E-state index in [0.717, 1.165) is 24.3 Å². The van der Waals surface area contributed by atoms with E-state index in [2.05, 4.69) is 50.8 Å². The summed E-state index contributed by atoms with van der Waals surface area (Å²) >= 11 is 1.65. The highest BCUT2D eigenvalue weighted by atomic mass is 32.1. The van der Waals surface area contributed by atoms with Crippen molar-refractivity contribution in [1.29, 1.82) is 0 Å². The van der Waals surface area contributed by atoms with Gasteiger partial charge >= 0.3 is 5.97 Å². The zero-order chi connectivity index (χ0) is 16.8. The van der Waals surface area contributed by atoms with E-state index in [4.69, 9.17) is 4.74 Å². The fourth-order valence-corrected chi connectivity index (χ4v) is 4.25. The third-order valence-corrected chi connectivity index (χ3v) is 5.46. The molecule has 0 saturated carbocycles. The number of carbonyl (C=O) groups is 1. The molecule has 2 unspecified atom stereocenters. The van der Waals surface area contributed by atoms with Crippen molar-refractivity contribution in [3.8, 4) is 0 Å². The molecule has 1 aromatic heterocycles. The standard InChI is InChI=1S/C19H29NO2S/c1-14(2)20(15(3)4)11-12-22-19(21)18(16-8-5-6-9-16)17-10-7-13-23-17/h5,7-8,10,13-16,18H,6,9,11-12H2,1-4H3. The van der Waals surface area contributed by atoms with Crippen LogP contribution in [0.5, 0.6) is 0 Å². The maximum Gasteiger partial charge on any atom is 0.314 e. The van der Waals surface area contributed by atoms with Gasteiger partial charge in [-0.05, 0) is 57.9 Å². The van der Waals surface area contributed by atoms with Crippen LogP contribution in [0.25, 0.3) is 0 Å². The first kappa shape index (κ1) is 18.2. The van der Waals surface area contributed by atoms with E-state index in [0.29, 0.717) is 18.7 Å². The minimum Gasteiger partial charge on any atom is -0.464 e. The largest absolute Gasteiger partial charge is 0.464 e. The molecule has 1 aromatic rings. The van der Waals surface area contributed by atoms with Gasteiger partial charge in [-0.2, -0.15) is 0 Å². The molecule has 128 valence electrons. The Kier molecular flexibility index (Phi) is 6.85. The van der Waals surface area contributed by atoms with Crippen LogP contribution in [0.15, 0.2) is 29.7 Å². The van der Waals surface area contributed by atoms with Crippen LogP contribution >= 0.6 is 11.3 Å². The van der Waals surface area contributed by atoms with Crippen molar-refractivity contribution in [2.24, 2.45) is 5.92 Å². The predicted molar refractivity (Wildman–Crippen MR) is 96.9 cm³/mol. The molecule has 1 aliphatic rings. The predicted octanol–water partition coefficient (Wildman–Crippen LogP) is 4.46. The number of rotatable bonds is 8. The van der Waals surface area contributed by atoms with Crippen LogP contribution in [0, 0.1) is 5.92 Å². The molecular formula is C19H29NO2S. The zero-order valence-electron chi connectivity index (χ0n) is 14.7. The van der Waals surface area contributed by atoms with Gasteiger partial charge in [0.2, 0.25) is 0 Å². The Balaban J connectivity index is 1.95. The lowest BCUT2D eigenvalue weighted by Crippen LogP contribution is -2.40.